The molecule has 1 aromatic rings. The van der Waals surface area contributed by atoms with Crippen LogP contribution in [0.3, 0.4) is 0 Å². The fourth-order valence-corrected chi connectivity index (χ4v) is 4.15. The van der Waals surface area contributed by atoms with Crippen LogP contribution < -0.4 is 15.5 Å². The smallest absolute Gasteiger partial charge is 0.134 e. The van der Waals surface area contributed by atoms with E-state index in [9.17, 15) is 0 Å². The van der Waals surface area contributed by atoms with Crippen LogP contribution in [0.5, 0.6) is 0 Å². The number of hydrogen-bond acceptors (Lipinski definition) is 6. The molecule has 2 fully saturated rings. The van der Waals surface area contributed by atoms with E-state index in [1.807, 2.05) is 13.1 Å². The summed E-state index contributed by atoms with van der Waals surface area (Å²) in [6.07, 6.45) is 5.09. The average Bonchev–Trinajstić information content (AvgIpc) is 3.06. The third-order valence-corrected chi connectivity index (χ3v) is 5.25. The molecule has 3 heterocycles. The molecule has 1 aromatic heterocycles. The predicted molar refractivity (Wildman–Crippen MR) is 97.6 cm³/mol. The molecule has 2 aliphatic rings. The Bertz CT molecular complexity index is 574. The van der Waals surface area contributed by atoms with Gasteiger partial charge in [-0.05, 0) is 47.0 Å². The Morgan fingerprint density at radius 1 is 1.29 bits per heavy atom. The zero-order chi connectivity index (χ0) is 17.4. The molecule has 0 radical (unpaired) electrons. The Morgan fingerprint density at radius 3 is 2.75 bits per heavy atom. The molecule has 6 nitrogen and oxygen atoms in total. The highest BCUT2D eigenvalue weighted by Gasteiger charge is 2.45. The molecule has 0 spiro atoms. The summed E-state index contributed by atoms with van der Waals surface area (Å²) in [6.45, 7) is 10.8. The van der Waals surface area contributed by atoms with Gasteiger partial charge in [0, 0.05) is 38.3 Å². The minimum atomic E-state index is -0.124. The van der Waals surface area contributed by atoms with Gasteiger partial charge in [0.15, 0.2) is 0 Å². The summed E-state index contributed by atoms with van der Waals surface area (Å²) in [7, 11) is 1.89. The fourth-order valence-electron chi connectivity index (χ4n) is 4.15. The molecular weight excluding hydrogens is 302 g/mol. The van der Waals surface area contributed by atoms with Crippen molar-refractivity contribution in [2.45, 2.75) is 70.2 Å². The van der Waals surface area contributed by atoms with E-state index in [0.717, 1.165) is 31.1 Å². The van der Waals surface area contributed by atoms with Crippen LogP contribution in [-0.2, 0) is 4.74 Å². The van der Waals surface area contributed by atoms with Crippen molar-refractivity contribution in [3.63, 3.8) is 0 Å². The van der Waals surface area contributed by atoms with Gasteiger partial charge in [-0.2, -0.15) is 0 Å². The molecule has 2 saturated heterocycles. The van der Waals surface area contributed by atoms with Crippen molar-refractivity contribution >= 4 is 11.6 Å². The molecule has 24 heavy (non-hydrogen) atoms. The zero-order valence-corrected chi connectivity index (χ0v) is 15.6. The van der Waals surface area contributed by atoms with E-state index in [1.165, 1.54) is 12.8 Å². The van der Waals surface area contributed by atoms with E-state index in [-0.39, 0.29) is 11.2 Å². The van der Waals surface area contributed by atoms with Crippen LogP contribution in [0.25, 0.3) is 0 Å². The first-order valence-electron chi connectivity index (χ1n) is 9.01. The van der Waals surface area contributed by atoms with Gasteiger partial charge < -0.3 is 20.3 Å². The van der Waals surface area contributed by atoms with E-state index >= 15 is 0 Å². The van der Waals surface area contributed by atoms with Gasteiger partial charge in [-0.15, -0.1) is 0 Å². The van der Waals surface area contributed by atoms with Crippen LogP contribution in [0.1, 0.15) is 47.0 Å². The predicted octanol–water partition coefficient (Wildman–Crippen LogP) is 2.42. The Labute approximate surface area is 145 Å². The maximum atomic E-state index is 6.20. The van der Waals surface area contributed by atoms with Crippen LogP contribution in [-0.4, -0.2) is 53.4 Å². The third kappa shape index (κ3) is 3.64. The maximum Gasteiger partial charge on any atom is 0.134 e. The zero-order valence-electron chi connectivity index (χ0n) is 15.6. The highest BCUT2D eigenvalue weighted by Crippen LogP contribution is 2.37. The van der Waals surface area contributed by atoms with Gasteiger partial charge in [-0.3, -0.25) is 0 Å². The molecule has 2 N–H and O–H groups in total. The number of ether oxygens (including phenoxy) is 1. The molecule has 6 heteroatoms. The first kappa shape index (κ1) is 17.4. The van der Waals surface area contributed by atoms with Crippen molar-refractivity contribution in [3.05, 3.63) is 12.4 Å². The molecule has 0 bridgehead atoms. The topological polar surface area (TPSA) is 62.3 Å². The van der Waals surface area contributed by atoms with Crippen LogP contribution >= 0.6 is 0 Å². The fraction of sp³-hybridized carbons (Fsp3) is 0.778. The van der Waals surface area contributed by atoms with Crippen LogP contribution in [0.15, 0.2) is 12.4 Å². The quantitative estimate of drug-likeness (QED) is 0.863. The lowest BCUT2D eigenvalue weighted by molar-refractivity contribution is -0.0698. The van der Waals surface area contributed by atoms with Crippen molar-refractivity contribution in [2.75, 3.05) is 30.4 Å². The summed E-state index contributed by atoms with van der Waals surface area (Å²) in [5.41, 5.74) is -0.175. The van der Waals surface area contributed by atoms with E-state index in [4.69, 9.17) is 4.74 Å². The molecule has 3 rings (SSSR count). The number of hydrogen-bond donors (Lipinski definition) is 2. The molecular formula is C18H31N5O. The normalized spacial score (nSPS) is 28.3. The van der Waals surface area contributed by atoms with Crippen molar-refractivity contribution in [1.29, 1.82) is 0 Å². The molecule has 0 aliphatic carbocycles. The number of nitrogens with zero attached hydrogens (tertiary/aromatic N) is 3. The highest BCUT2D eigenvalue weighted by molar-refractivity contribution is 5.49. The minimum absolute atomic E-state index is 0.0507. The molecule has 0 amide bonds. The van der Waals surface area contributed by atoms with Crippen LogP contribution in [0, 0.1) is 0 Å². The Balaban J connectivity index is 1.64. The third-order valence-electron chi connectivity index (χ3n) is 5.25. The van der Waals surface area contributed by atoms with Crippen LogP contribution in [0.4, 0.5) is 11.6 Å². The van der Waals surface area contributed by atoms with E-state index in [0.29, 0.717) is 12.1 Å². The summed E-state index contributed by atoms with van der Waals surface area (Å²) in [4.78, 5) is 11.1. The molecule has 2 atom stereocenters. The average molecular weight is 333 g/mol. The van der Waals surface area contributed by atoms with E-state index < -0.39 is 0 Å². The monoisotopic (exact) mass is 333 g/mol. The van der Waals surface area contributed by atoms with Crippen LogP contribution in [0.2, 0.25) is 0 Å². The summed E-state index contributed by atoms with van der Waals surface area (Å²) in [5.74, 6) is 1.88. The van der Waals surface area contributed by atoms with Gasteiger partial charge in [-0.1, -0.05) is 0 Å². The number of aromatic nitrogens is 2. The first-order chi connectivity index (χ1) is 11.3. The van der Waals surface area contributed by atoms with Crippen molar-refractivity contribution < 1.29 is 4.74 Å². The van der Waals surface area contributed by atoms with Gasteiger partial charge in [0.05, 0.1) is 11.2 Å². The molecule has 0 saturated carbocycles. The summed E-state index contributed by atoms with van der Waals surface area (Å²) in [6, 6.07) is 2.89. The van der Waals surface area contributed by atoms with E-state index in [2.05, 4.69) is 53.2 Å². The standard InChI is InChI=1S/C18H31N5O/c1-17(2)10-14(18(3,4)24-17)20-11-13-7-6-8-23(13)16-9-15(19-5)21-12-22-16/h9,12-14,20H,6-8,10-11H2,1-5H3,(H,19,21,22). The Morgan fingerprint density at radius 2 is 2.08 bits per heavy atom. The summed E-state index contributed by atoms with van der Waals surface area (Å²) < 4.78 is 6.20. The Hall–Kier alpha value is -1.40. The molecule has 2 unspecified atom stereocenters. The van der Waals surface area contributed by atoms with Gasteiger partial charge >= 0.3 is 0 Å². The second-order valence-corrected chi connectivity index (χ2v) is 8.13. The van der Waals surface area contributed by atoms with Gasteiger partial charge in [0.25, 0.3) is 0 Å². The number of anilines is 2. The lowest BCUT2D eigenvalue weighted by Gasteiger charge is -2.31. The maximum absolute atomic E-state index is 6.20. The van der Waals surface area contributed by atoms with Gasteiger partial charge in [0.1, 0.15) is 18.0 Å². The second-order valence-electron chi connectivity index (χ2n) is 8.13. The number of nitrogens with one attached hydrogen (secondary N) is 2. The van der Waals surface area contributed by atoms with E-state index in [1.54, 1.807) is 6.33 Å². The second kappa shape index (κ2) is 6.48. The molecule has 0 aromatic carbocycles. The molecule has 2 aliphatic heterocycles. The Kier molecular flexibility index (Phi) is 4.71. The van der Waals surface area contributed by atoms with Gasteiger partial charge in [0.2, 0.25) is 0 Å². The van der Waals surface area contributed by atoms with Gasteiger partial charge in [-0.25, -0.2) is 9.97 Å². The minimum Gasteiger partial charge on any atom is -0.373 e. The van der Waals surface area contributed by atoms with Crippen molar-refractivity contribution in [2.24, 2.45) is 0 Å². The van der Waals surface area contributed by atoms with Crippen molar-refractivity contribution in [3.8, 4) is 0 Å². The lowest BCUT2D eigenvalue weighted by Crippen LogP contribution is -2.48. The number of rotatable bonds is 5. The first-order valence-corrected chi connectivity index (χ1v) is 9.01. The lowest BCUT2D eigenvalue weighted by atomic mass is 9.94. The van der Waals surface area contributed by atoms with Crippen molar-refractivity contribution in [1.82, 2.24) is 15.3 Å². The molecule has 134 valence electrons. The SMILES string of the molecule is CNc1cc(N2CCCC2CNC2CC(C)(C)OC2(C)C)ncn1. The summed E-state index contributed by atoms with van der Waals surface area (Å²) >= 11 is 0. The highest BCUT2D eigenvalue weighted by atomic mass is 16.5. The summed E-state index contributed by atoms with van der Waals surface area (Å²) in [5, 5.41) is 6.86. The largest absolute Gasteiger partial charge is 0.373 e.